The first-order valence-electron chi connectivity index (χ1n) is 26.0. The molecule has 79 heavy (non-hydrogen) atoms. The van der Waals surface area contributed by atoms with Gasteiger partial charge in [0.05, 0.1) is 83.9 Å². The molecule has 34 atom stereocenters. The molecule has 8 fully saturated rings. The van der Waals surface area contributed by atoms with Crippen LogP contribution >= 0.6 is 0 Å². The third-order valence-electron chi connectivity index (χ3n) is 16.3. The Morgan fingerprint density at radius 3 is 1.78 bits per heavy atom. The van der Waals surface area contributed by atoms with Gasteiger partial charge in [0.1, 0.15) is 128 Å². The zero-order valence-electron chi connectivity index (χ0n) is 42.4. The van der Waals surface area contributed by atoms with Gasteiger partial charge in [-0.05, 0) is 17.8 Å². The topological polar surface area (TPSA) is 538 Å². The van der Waals surface area contributed by atoms with Gasteiger partial charge in [-0.15, -0.1) is 0 Å². The Labute approximate surface area is 449 Å². The van der Waals surface area contributed by atoms with Gasteiger partial charge in [0.15, 0.2) is 31.5 Å². The quantitative estimate of drug-likeness (QED) is 0.0475. The fraction of sp³-hybridized carbons (Fsp3) is 0.957. The van der Waals surface area contributed by atoms with E-state index in [0.717, 1.165) is 0 Å². The molecular weight excluding hydrogens is 1080 g/mol. The highest BCUT2D eigenvalue weighted by Crippen LogP contribution is 2.59. The molecule has 0 spiro atoms. The van der Waals surface area contributed by atoms with Gasteiger partial charge in [0.2, 0.25) is 0 Å². The fourth-order valence-electron chi connectivity index (χ4n) is 11.9. The highest BCUT2D eigenvalue weighted by molar-refractivity contribution is 5.76. The molecule has 0 radical (unpaired) electrons. The lowest BCUT2D eigenvalue weighted by molar-refractivity contribution is -0.359. The van der Waals surface area contributed by atoms with Crippen LogP contribution in [0.25, 0.3) is 0 Å². The molecule has 8 rings (SSSR count). The Kier molecular flexibility index (Phi) is 20.9. The Hall–Kier alpha value is -1.90. The van der Waals surface area contributed by atoms with Gasteiger partial charge in [-0.3, -0.25) is 0 Å². The summed E-state index contributed by atoms with van der Waals surface area (Å²) in [5, 5.41) is 203. The second-order valence-electron chi connectivity index (χ2n) is 21.2. The third kappa shape index (κ3) is 12.5. The van der Waals surface area contributed by atoms with Crippen molar-refractivity contribution in [2.24, 2.45) is 29.4 Å². The molecule has 0 amide bonds. The second-order valence-corrected chi connectivity index (χ2v) is 21.2. The zero-order chi connectivity index (χ0) is 57.7. The van der Waals surface area contributed by atoms with Gasteiger partial charge < -0.3 is 160 Å². The third-order valence-corrected chi connectivity index (χ3v) is 16.3. The molecule has 7 aliphatic heterocycles. The van der Waals surface area contributed by atoms with Crippen molar-refractivity contribution >= 4 is 5.97 Å². The van der Waals surface area contributed by atoms with Crippen molar-refractivity contribution in [3.8, 4) is 0 Å². The van der Waals surface area contributed by atoms with Gasteiger partial charge >= 0.3 is 5.97 Å². The summed E-state index contributed by atoms with van der Waals surface area (Å²) in [5.41, 5.74) is 6.86. The number of carbonyl (C=O) groups is 1. The number of fused-ring (bicyclic) bond motifs is 1. The molecule has 0 aromatic rings. The fourth-order valence-corrected chi connectivity index (χ4v) is 11.9. The molecule has 456 valence electrons. The number of ether oxygens (including phenoxy) is 12. The lowest BCUT2D eigenvalue weighted by Crippen LogP contribution is -2.66. The van der Waals surface area contributed by atoms with E-state index >= 15 is 0 Å². The summed E-state index contributed by atoms with van der Waals surface area (Å²) in [6.07, 6.45) is -47.6. The van der Waals surface area contributed by atoms with Crippen molar-refractivity contribution < 1.29 is 159 Å². The van der Waals surface area contributed by atoms with Gasteiger partial charge in [-0.2, -0.15) is 0 Å². The molecule has 34 unspecified atom stereocenters. The van der Waals surface area contributed by atoms with Crippen LogP contribution in [0.15, 0.2) is 0 Å². The first-order valence-corrected chi connectivity index (χ1v) is 26.0. The van der Waals surface area contributed by atoms with Crippen LogP contribution in [0.2, 0.25) is 0 Å². The standard InChI is InChI=1S/C46H75NO32/c1-2-13-14(54)4-46(45(66)67,78-15(13)3-12(53)5-48)79-39-29(58)17(7-50)70-37(33(39)62)24-22-20(10-69-42-34(63)36(19(9-52)73-42)76-43-32(61)30(59)26(55)16(6-49)71-43)74-41(25(47)23(22)24)77-38-28(57)18(8-51)72-44(35(38)64)75-21-11-68-40(65)31(60)27(21)56/h2,12-44,48-65H,3-11,47H2,1H3/p+1. The molecule has 0 bridgehead atoms. The normalized spacial score (nSPS) is 52.6. The summed E-state index contributed by atoms with van der Waals surface area (Å²) >= 11 is 0. The van der Waals surface area contributed by atoms with Crippen molar-refractivity contribution in [1.82, 2.24) is 0 Å². The predicted molar refractivity (Wildman–Crippen MR) is 245 cm³/mol. The molecule has 21 N–H and O–H groups in total. The van der Waals surface area contributed by atoms with Crippen LogP contribution in [0.5, 0.6) is 0 Å². The molecule has 0 aromatic carbocycles. The van der Waals surface area contributed by atoms with Gasteiger partial charge in [-0.25, -0.2) is 4.79 Å². The number of rotatable bonds is 21. The average molecular weight is 1160 g/mol. The maximum Gasteiger partial charge on any atom is 0.364 e. The van der Waals surface area contributed by atoms with Gasteiger partial charge in [-0.1, -0.05) is 0 Å². The maximum atomic E-state index is 13.2. The Morgan fingerprint density at radius 1 is 0.595 bits per heavy atom. The predicted octanol–water partition coefficient (Wildman–Crippen LogP) is -12.2. The first-order chi connectivity index (χ1) is 37.5. The first kappa shape index (κ1) is 63.1. The summed E-state index contributed by atoms with van der Waals surface area (Å²) in [7, 11) is 0. The molecule has 8 aliphatic rings. The van der Waals surface area contributed by atoms with Crippen LogP contribution in [0.3, 0.4) is 0 Å². The summed E-state index contributed by atoms with van der Waals surface area (Å²) in [4.78, 5) is 13.2. The molecular formula is C46H76NO32+. The van der Waals surface area contributed by atoms with Crippen molar-refractivity contribution in [3.63, 3.8) is 0 Å². The van der Waals surface area contributed by atoms with E-state index in [1.165, 1.54) is 6.42 Å². The summed E-state index contributed by atoms with van der Waals surface area (Å²) in [6, 6.07) is -1.35. The highest BCUT2D eigenvalue weighted by atomic mass is 16.8. The minimum absolute atomic E-state index is 0.392. The van der Waals surface area contributed by atoms with E-state index in [0.29, 0.717) is 0 Å². The van der Waals surface area contributed by atoms with Gasteiger partial charge in [0, 0.05) is 12.8 Å². The maximum absolute atomic E-state index is 13.2. The number of carboxylic acids is 1. The van der Waals surface area contributed by atoms with E-state index in [1.54, 1.807) is 6.92 Å². The van der Waals surface area contributed by atoms with E-state index < -0.39 is 272 Å². The molecule has 7 saturated heterocycles. The lowest BCUT2D eigenvalue weighted by Gasteiger charge is -2.48. The summed E-state index contributed by atoms with van der Waals surface area (Å²) in [5.74, 6) is -8.49. The highest BCUT2D eigenvalue weighted by Gasteiger charge is 2.70. The number of carboxylic acid groups (broad SMARTS) is 1. The number of aliphatic hydroxyl groups excluding tert-OH is 18. The number of nitrogens with two attached hydrogens (primary N) is 1. The van der Waals surface area contributed by atoms with Crippen LogP contribution in [0.1, 0.15) is 19.8 Å². The molecule has 33 heteroatoms. The number of hydrogen-bond acceptors (Lipinski definition) is 32. The van der Waals surface area contributed by atoms with Crippen LogP contribution in [-0.2, 0) is 61.6 Å². The number of aliphatic hydroxyl groups is 18. The average Bonchev–Trinajstić information content (AvgIpc) is 4.31. The molecule has 1 saturated carbocycles. The van der Waals surface area contributed by atoms with Crippen molar-refractivity contribution in [1.29, 1.82) is 0 Å². The smallest absolute Gasteiger partial charge is 0.364 e. The summed E-state index contributed by atoms with van der Waals surface area (Å²) in [6.45, 7) is -3.90. The van der Waals surface area contributed by atoms with Gasteiger partial charge in [0.25, 0.3) is 5.79 Å². The van der Waals surface area contributed by atoms with Crippen LogP contribution < -0.4 is 5.73 Å². The largest absolute Gasteiger partial charge is 0.477 e. The van der Waals surface area contributed by atoms with Crippen molar-refractivity contribution in [2.45, 2.75) is 203 Å². The Morgan fingerprint density at radius 2 is 1.16 bits per heavy atom. The van der Waals surface area contributed by atoms with E-state index in [1.807, 2.05) is 0 Å². The van der Waals surface area contributed by atoms with Crippen LogP contribution in [0, 0.1) is 30.1 Å². The Bertz CT molecular complexity index is 1950. The van der Waals surface area contributed by atoms with Crippen LogP contribution in [-0.4, -0.2) is 333 Å². The van der Waals surface area contributed by atoms with E-state index in [2.05, 4.69) is 0 Å². The SMILES string of the molecule is C[CH+]C1C(O)CC(OC2C(O)C(CO)OC(C3C4C(COC5OC(CO)C(OC6OC(CO)C(O)C(O)C6O)C5O)OC(OC5C(O)C(CO)OC(OC6COC(O)C(O)C6O)C5O)C(N)C43)C2O)(C(=O)O)OC1CC(O)CO. The second kappa shape index (κ2) is 26.2. The summed E-state index contributed by atoms with van der Waals surface area (Å²) < 4.78 is 69.9. The van der Waals surface area contributed by atoms with Crippen molar-refractivity contribution in [2.75, 3.05) is 46.2 Å². The van der Waals surface area contributed by atoms with Crippen molar-refractivity contribution in [3.05, 3.63) is 6.42 Å². The zero-order valence-corrected chi connectivity index (χ0v) is 42.4. The lowest BCUT2D eigenvalue weighted by atomic mass is 9.82. The Balaban J connectivity index is 1.06. The number of aliphatic carboxylic acids is 1. The van der Waals surface area contributed by atoms with E-state index in [9.17, 15) is 102 Å². The minimum Gasteiger partial charge on any atom is -0.477 e. The van der Waals surface area contributed by atoms with E-state index in [-0.39, 0.29) is 0 Å². The molecule has 0 aromatic heterocycles. The minimum atomic E-state index is -2.83. The van der Waals surface area contributed by atoms with E-state index in [4.69, 9.17) is 62.6 Å². The molecule has 7 heterocycles. The monoisotopic (exact) mass is 1150 g/mol. The number of hydrogen-bond donors (Lipinski definition) is 20. The molecule has 33 nitrogen and oxygen atoms in total. The molecule has 1 aliphatic carbocycles. The van der Waals surface area contributed by atoms with Crippen LogP contribution in [0.4, 0.5) is 0 Å².